The molecule has 1 aromatic rings. The van der Waals surface area contributed by atoms with E-state index >= 15 is 0 Å². The maximum Gasteiger partial charge on any atom is 0.251 e. The lowest BCUT2D eigenvalue weighted by atomic mass is 10.3. The Labute approximate surface area is 99.9 Å². The zero-order chi connectivity index (χ0) is 12.8. The fourth-order valence-corrected chi connectivity index (χ4v) is 1.72. The fourth-order valence-electron chi connectivity index (χ4n) is 1.72. The van der Waals surface area contributed by atoms with Crippen molar-refractivity contribution in [2.24, 2.45) is 0 Å². The molecule has 0 aromatic carbocycles. The predicted molar refractivity (Wildman–Crippen MR) is 61.0 cm³/mol. The van der Waals surface area contributed by atoms with Gasteiger partial charge in [0, 0.05) is 25.3 Å². The van der Waals surface area contributed by atoms with E-state index in [4.69, 9.17) is 5.11 Å². The summed E-state index contributed by atoms with van der Waals surface area (Å²) in [4.78, 5) is 5.55. The van der Waals surface area contributed by atoms with Crippen LogP contribution in [-0.4, -0.2) is 45.7 Å². The Balaban J connectivity index is 2.67. The molecule has 98 valence electrons. The summed E-state index contributed by atoms with van der Waals surface area (Å²) in [6, 6.07) is 0.245. The highest BCUT2D eigenvalue weighted by Crippen LogP contribution is 2.12. The number of hydrogen-bond donors (Lipinski definition) is 1. The van der Waals surface area contributed by atoms with Gasteiger partial charge in [-0.2, -0.15) is 0 Å². The van der Waals surface area contributed by atoms with Crippen LogP contribution in [0.2, 0.25) is 0 Å². The number of rotatable bonds is 7. The molecule has 1 N–H and O–H groups in total. The summed E-state index contributed by atoms with van der Waals surface area (Å²) in [6.45, 7) is 4.19. The van der Waals surface area contributed by atoms with E-state index in [0.717, 1.165) is 5.69 Å². The highest BCUT2D eigenvalue weighted by molar-refractivity contribution is 4.99. The molecule has 6 heteroatoms. The van der Waals surface area contributed by atoms with Crippen LogP contribution < -0.4 is 0 Å². The van der Waals surface area contributed by atoms with Gasteiger partial charge in [-0.05, 0) is 13.8 Å². The molecule has 0 saturated carbocycles. The van der Waals surface area contributed by atoms with Gasteiger partial charge in [0.1, 0.15) is 0 Å². The molecule has 17 heavy (non-hydrogen) atoms. The molecule has 0 bridgehead atoms. The van der Waals surface area contributed by atoms with Crippen LogP contribution in [0.15, 0.2) is 12.5 Å². The minimum absolute atomic E-state index is 0.122. The van der Waals surface area contributed by atoms with E-state index in [0.29, 0.717) is 6.54 Å². The van der Waals surface area contributed by atoms with Crippen LogP contribution in [0.5, 0.6) is 0 Å². The van der Waals surface area contributed by atoms with Crippen molar-refractivity contribution in [2.75, 3.05) is 19.7 Å². The second kappa shape index (κ2) is 6.66. The number of halogens is 2. The minimum Gasteiger partial charge on any atom is -0.395 e. The maximum atomic E-state index is 12.4. The maximum absolute atomic E-state index is 12.4. The summed E-state index contributed by atoms with van der Waals surface area (Å²) in [5, 5.41) is 8.85. The molecule has 1 aromatic heterocycles. The third-order valence-electron chi connectivity index (χ3n) is 2.50. The summed E-state index contributed by atoms with van der Waals surface area (Å²) in [7, 11) is 0. The molecule has 4 nitrogen and oxygen atoms in total. The van der Waals surface area contributed by atoms with Crippen molar-refractivity contribution < 1.29 is 13.9 Å². The smallest absolute Gasteiger partial charge is 0.251 e. The summed E-state index contributed by atoms with van der Waals surface area (Å²) in [6.07, 6.45) is 0.979. The number of hydrogen-bond acceptors (Lipinski definition) is 3. The van der Waals surface area contributed by atoms with Crippen molar-refractivity contribution in [3.8, 4) is 0 Å². The summed E-state index contributed by atoms with van der Waals surface area (Å²) < 4.78 is 26.6. The van der Waals surface area contributed by atoms with E-state index in [2.05, 4.69) is 4.98 Å². The SMILES string of the molecule is CC(C)n1cncc1CN(CCO)CC(F)F. The van der Waals surface area contributed by atoms with Crippen LogP contribution in [0.4, 0.5) is 8.78 Å². The lowest BCUT2D eigenvalue weighted by molar-refractivity contribution is 0.0733. The third kappa shape index (κ3) is 4.40. The predicted octanol–water partition coefficient (Wildman–Crippen LogP) is 1.52. The molecule has 0 aliphatic rings. The average Bonchev–Trinajstić information content (AvgIpc) is 2.65. The Kier molecular flexibility index (Phi) is 5.50. The van der Waals surface area contributed by atoms with E-state index in [1.54, 1.807) is 12.5 Å². The minimum atomic E-state index is -2.39. The van der Waals surface area contributed by atoms with Crippen LogP contribution in [0.1, 0.15) is 25.6 Å². The van der Waals surface area contributed by atoms with E-state index in [9.17, 15) is 8.78 Å². The van der Waals surface area contributed by atoms with Crippen molar-refractivity contribution in [1.29, 1.82) is 0 Å². The van der Waals surface area contributed by atoms with Gasteiger partial charge < -0.3 is 9.67 Å². The normalized spacial score (nSPS) is 12.0. The second-order valence-corrected chi connectivity index (χ2v) is 4.24. The van der Waals surface area contributed by atoms with Crippen molar-refractivity contribution >= 4 is 0 Å². The largest absolute Gasteiger partial charge is 0.395 e. The number of imidazole rings is 1. The Bertz CT molecular complexity index is 328. The van der Waals surface area contributed by atoms with E-state index in [-0.39, 0.29) is 25.7 Å². The van der Waals surface area contributed by atoms with E-state index in [1.165, 1.54) is 4.90 Å². The first-order valence-electron chi connectivity index (χ1n) is 5.66. The fraction of sp³-hybridized carbons (Fsp3) is 0.727. The first-order valence-corrected chi connectivity index (χ1v) is 5.66. The van der Waals surface area contributed by atoms with Crippen LogP contribution >= 0.6 is 0 Å². The van der Waals surface area contributed by atoms with E-state index < -0.39 is 6.43 Å². The molecular formula is C11H19F2N3O. The van der Waals surface area contributed by atoms with Gasteiger partial charge in [0.05, 0.1) is 25.2 Å². The van der Waals surface area contributed by atoms with Gasteiger partial charge in [-0.1, -0.05) is 0 Å². The Morgan fingerprint density at radius 3 is 2.71 bits per heavy atom. The topological polar surface area (TPSA) is 41.3 Å². The number of aliphatic hydroxyl groups is 1. The molecule has 0 fully saturated rings. The molecular weight excluding hydrogens is 228 g/mol. The molecule has 0 saturated heterocycles. The number of aliphatic hydroxyl groups excluding tert-OH is 1. The first kappa shape index (κ1) is 14.1. The van der Waals surface area contributed by atoms with Gasteiger partial charge in [-0.3, -0.25) is 4.90 Å². The summed E-state index contributed by atoms with van der Waals surface area (Å²) in [5.74, 6) is 0. The quantitative estimate of drug-likeness (QED) is 0.794. The van der Waals surface area contributed by atoms with E-state index in [1.807, 2.05) is 18.4 Å². The molecule has 1 heterocycles. The van der Waals surface area contributed by atoms with Gasteiger partial charge in [0.25, 0.3) is 6.43 Å². The molecule has 1 rings (SSSR count). The average molecular weight is 247 g/mol. The van der Waals surface area contributed by atoms with Crippen molar-refractivity contribution in [3.05, 3.63) is 18.2 Å². The molecule has 0 spiro atoms. The Hall–Kier alpha value is -1.01. The van der Waals surface area contributed by atoms with Crippen molar-refractivity contribution in [1.82, 2.24) is 14.5 Å². The molecule has 0 unspecified atom stereocenters. The highest BCUT2D eigenvalue weighted by atomic mass is 19.3. The van der Waals surface area contributed by atoms with Crippen LogP contribution in [0.25, 0.3) is 0 Å². The van der Waals surface area contributed by atoms with Crippen LogP contribution in [-0.2, 0) is 6.54 Å². The number of aromatic nitrogens is 2. The lowest BCUT2D eigenvalue weighted by Crippen LogP contribution is -2.32. The third-order valence-corrected chi connectivity index (χ3v) is 2.50. The standard InChI is InChI=1S/C11H19F2N3O/c1-9(2)16-8-14-5-10(16)6-15(3-4-17)7-11(12)13/h5,8-9,11,17H,3-4,6-7H2,1-2H3. The highest BCUT2D eigenvalue weighted by Gasteiger charge is 2.14. The molecule has 0 radical (unpaired) electrons. The molecule has 0 aliphatic heterocycles. The molecule has 0 aliphatic carbocycles. The van der Waals surface area contributed by atoms with Crippen molar-refractivity contribution in [3.63, 3.8) is 0 Å². The molecule has 0 atom stereocenters. The van der Waals surface area contributed by atoms with Gasteiger partial charge in [0.2, 0.25) is 0 Å². The van der Waals surface area contributed by atoms with Gasteiger partial charge in [-0.15, -0.1) is 0 Å². The summed E-state index contributed by atoms with van der Waals surface area (Å²) >= 11 is 0. The Morgan fingerprint density at radius 1 is 1.47 bits per heavy atom. The zero-order valence-corrected chi connectivity index (χ0v) is 10.2. The first-order chi connectivity index (χ1) is 8.04. The second-order valence-electron chi connectivity index (χ2n) is 4.24. The number of nitrogens with zero attached hydrogens (tertiary/aromatic N) is 3. The number of alkyl halides is 2. The summed E-state index contributed by atoms with van der Waals surface area (Å²) in [5.41, 5.74) is 0.883. The zero-order valence-electron chi connectivity index (χ0n) is 10.2. The Morgan fingerprint density at radius 2 is 2.18 bits per heavy atom. The molecule has 0 amide bonds. The van der Waals surface area contributed by atoms with Gasteiger partial charge in [0.15, 0.2) is 0 Å². The van der Waals surface area contributed by atoms with Gasteiger partial charge >= 0.3 is 0 Å². The van der Waals surface area contributed by atoms with Crippen molar-refractivity contribution in [2.45, 2.75) is 32.9 Å². The van der Waals surface area contributed by atoms with Crippen LogP contribution in [0.3, 0.4) is 0 Å². The van der Waals surface area contributed by atoms with Gasteiger partial charge in [-0.25, -0.2) is 13.8 Å². The monoisotopic (exact) mass is 247 g/mol. The van der Waals surface area contributed by atoms with Crippen LogP contribution in [0, 0.1) is 0 Å². The lowest BCUT2D eigenvalue weighted by Gasteiger charge is -2.22.